The van der Waals surface area contributed by atoms with E-state index >= 15 is 0 Å². The predicted octanol–water partition coefficient (Wildman–Crippen LogP) is 2.14. The summed E-state index contributed by atoms with van der Waals surface area (Å²) in [6.45, 7) is 8.85. The molecule has 1 aliphatic heterocycles. The van der Waals surface area contributed by atoms with Crippen LogP contribution in [0.25, 0.3) is 0 Å². The normalized spacial score (nSPS) is 20.3. The minimum Gasteiger partial charge on any atom is -0.380 e. The molecular weight excluding hydrogens is 162 g/mol. The lowest BCUT2D eigenvalue weighted by Crippen LogP contribution is -2.44. The standard InChI is InChI=1S/C11H23NO/c1-4-6-11(9-13-10-11)7-8-12(3)5-2/h4-10H2,1-3H3. The van der Waals surface area contributed by atoms with Crippen molar-refractivity contribution in [2.24, 2.45) is 5.41 Å². The molecule has 1 rings (SSSR count). The summed E-state index contributed by atoms with van der Waals surface area (Å²) in [6.07, 6.45) is 3.94. The van der Waals surface area contributed by atoms with Crippen molar-refractivity contribution < 1.29 is 4.74 Å². The molecule has 1 aliphatic rings. The van der Waals surface area contributed by atoms with Crippen LogP contribution in [0.2, 0.25) is 0 Å². The molecule has 1 saturated heterocycles. The first-order chi connectivity index (χ1) is 6.22. The molecular formula is C11H23NO. The summed E-state index contributed by atoms with van der Waals surface area (Å²) in [6, 6.07) is 0. The molecule has 0 aromatic carbocycles. The maximum absolute atomic E-state index is 5.34. The summed E-state index contributed by atoms with van der Waals surface area (Å²) < 4.78 is 5.34. The minimum absolute atomic E-state index is 0.540. The van der Waals surface area contributed by atoms with Crippen molar-refractivity contribution in [3.05, 3.63) is 0 Å². The van der Waals surface area contributed by atoms with Gasteiger partial charge in [0.25, 0.3) is 0 Å². The van der Waals surface area contributed by atoms with E-state index in [1.165, 1.54) is 25.8 Å². The Kier molecular flexibility index (Phi) is 4.20. The molecule has 0 bridgehead atoms. The Morgan fingerprint density at radius 3 is 2.31 bits per heavy atom. The third kappa shape index (κ3) is 2.96. The number of hydrogen-bond acceptors (Lipinski definition) is 2. The van der Waals surface area contributed by atoms with Crippen molar-refractivity contribution in [1.29, 1.82) is 0 Å². The zero-order valence-corrected chi connectivity index (χ0v) is 9.31. The summed E-state index contributed by atoms with van der Waals surface area (Å²) in [5.41, 5.74) is 0.540. The second kappa shape index (κ2) is 4.97. The summed E-state index contributed by atoms with van der Waals surface area (Å²) in [7, 11) is 2.19. The van der Waals surface area contributed by atoms with Gasteiger partial charge in [0.1, 0.15) is 0 Å². The molecule has 2 heteroatoms. The van der Waals surface area contributed by atoms with Gasteiger partial charge in [-0.3, -0.25) is 0 Å². The van der Waals surface area contributed by atoms with Crippen LogP contribution in [0.1, 0.15) is 33.1 Å². The highest BCUT2D eigenvalue weighted by Crippen LogP contribution is 2.36. The fourth-order valence-electron chi connectivity index (χ4n) is 1.92. The van der Waals surface area contributed by atoms with Crippen LogP contribution in [-0.4, -0.2) is 38.3 Å². The molecule has 0 amide bonds. The van der Waals surface area contributed by atoms with E-state index < -0.39 is 0 Å². The molecule has 0 aromatic heterocycles. The second-order valence-corrected chi connectivity index (χ2v) is 4.39. The van der Waals surface area contributed by atoms with E-state index in [9.17, 15) is 0 Å². The third-order valence-corrected chi connectivity index (χ3v) is 3.16. The summed E-state index contributed by atoms with van der Waals surface area (Å²) in [5, 5.41) is 0. The Morgan fingerprint density at radius 1 is 1.23 bits per heavy atom. The van der Waals surface area contributed by atoms with E-state index in [0.29, 0.717) is 5.41 Å². The maximum atomic E-state index is 5.34. The van der Waals surface area contributed by atoms with Gasteiger partial charge in [0.05, 0.1) is 13.2 Å². The van der Waals surface area contributed by atoms with E-state index in [2.05, 4.69) is 25.8 Å². The van der Waals surface area contributed by atoms with Gasteiger partial charge in [-0.1, -0.05) is 20.3 Å². The SMILES string of the molecule is CCCC1(CCN(C)CC)COC1. The molecule has 0 atom stereocenters. The Hall–Kier alpha value is -0.0800. The van der Waals surface area contributed by atoms with Crippen LogP contribution in [-0.2, 0) is 4.74 Å². The first kappa shape index (κ1) is 11.0. The molecule has 0 saturated carbocycles. The lowest BCUT2D eigenvalue weighted by atomic mass is 9.78. The second-order valence-electron chi connectivity index (χ2n) is 4.39. The first-order valence-electron chi connectivity index (χ1n) is 5.49. The Bertz CT molecular complexity index is 143. The van der Waals surface area contributed by atoms with Crippen molar-refractivity contribution in [2.45, 2.75) is 33.1 Å². The van der Waals surface area contributed by atoms with Crippen LogP contribution in [0.3, 0.4) is 0 Å². The molecule has 0 aliphatic carbocycles. The van der Waals surface area contributed by atoms with Crippen LogP contribution >= 0.6 is 0 Å². The van der Waals surface area contributed by atoms with Gasteiger partial charge in [0, 0.05) is 5.41 Å². The average molecular weight is 185 g/mol. The van der Waals surface area contributed by atoms with Gasteiger partial charge in [0.2, 0.25) is 0 Å². The molecule has 0 unspecified atom stereocenters. The van der Waals surface area contributed by atoms with Crippen molar-refractivity contribution in [2.75, 3.05) is 33.4 Å². The Balaban J connectivity index is 2.23. The van der Waals surface area contributed by atoms with Crippen LogP contribution in [0.5, 0.6) is 0 Å². The van der Waals surface area contributed by atoms with Crippen molar-refractivity contribution in [3.63, 3.8) is 0 Å². The Morgan fingerprint density at radius 2 is 1.92 bits per heavy atom. The fraction of sp³-hybridized carbons (Fsp3) is 1.00. The van der Waals surface area contributed by atoms with E-state index in [4.69, 9.17) is 4.74 Å². The smallest absolute Gasteiger partial charge is 0.0545 e. The monoisotopic (exact) mass is 185 g/mol. The van der Waals surface area contributed by atoms with E-state index in [-0.39, 0.29) is 0 Å². The van der Waals surface area contributed by atoms with Gasteiger partial charge in [0.15, 0.2) is 0 Å². The molecule has 1 fully saturated rings. The highest BCUT2D eigenvalue weighted by molar-refractivity contribution is 4.85. The third-order valence-electron chi connectivity index (χ3n) is 3.16. The van der Waals surface area contributed by atoms with Crippen LogP contribution < -0.4 is 0 Å². The molecule has 13 heavy (non-hydrogen) atoms. The largest absolute Gasteiger partial charge is 0.380 e. The van der Waals surface area contributed by atoms with Crippen LogP contribution in [0.4, 0.5) is 0 Å². The number of nitrogens with zero attached hydrogens (tertiary/aromatic N) is 1. The molecule has 0 aromatic rings. The van der Waals surface area contributed by atoms with Crippen molar-refractivity contribution >= 4 is 0 Å². The summed E-state index contributed by atoms with van der Waals surface area (Å²) in [5.74, 6) is 0. The molecule has 0 spiro atoms. The van der Waals surface area contributed by atoms with Gasteiger partial charge in [-0.2, -0.15) is 0 Å². The van der Waals surface area contributed by atoms with Gasteiger partial charge in [-0.25, -0.2) is 0 Å². The number of rotatable bonds is 6. The number of hydrogen-bond donors (Lipinski definition) is 0. The van der Waals surface area contributed by atoms with E-state index in [1.54, 1.807) is 0 Å². The summed E-state index contributed by atoms with van der Waals surface area (Å²) in [4.78, 5) is 2.38. The average Bonchev–Trinajstić information content (AvgIpc) is 2.09. The van der Waals surface area contributed by atoms with E-state index in [0.717, 1.165) is 19.8 Å². The zero-order chi connectivity index (χ0) is 9.73. The molecule has 0 N–H and O–H groups in total. The molecule has 1 heterocycles. The summed E-state index contributed by atoms with van der Waals surface area (Å²) >= 11 is 0. The first-order valence-corrected chi connectivity index (χ1v) is 5.49. The Labute approximate surface area is 82.3 Å². The maximum Gasteiger partial charge on any atom is 0.0545 e. The van der Waals surface area contributed by atoms with Crippen LogP contribution in [0, 0.1) is 5.41 Å². The van der Waals surface area contributed by atoms with Gasteiger partial charge in [-0.05, 0) is 33.0 Å². The number of ether oxygens (including phenoxy) is 1. The topological polar surface area (TPSA) is 12.5 Å². The minimum atomic E-state index is 0.540. The lowest BCUT2D eigenvalue weighted by Gasteiger charge is -2.42. The quantitative estimate of drug-likeness (QED) is 0.628. The lowest BCUT2D eigenvalue weighted by molar-refractivity contribution is -0.124. The fourth-order valence-corrected chi connectivity index (χ4v) is 1.92. The molecule has 78 valence electrons. The molecule has 2 nitrogen and oxygen atoms in total. The van der Waals surface area contributed by atoms with E-state index in [1.807, 2.05) is 0 Å². The van der Waals surface area contributed by atoms with Gasteiger partial charge >= 0.3 is 0 Å². The highest BCUT2D eigenvalue weighted by Gasteiger charge is 2.36. The van der Waals surface area contributed by atoms with Crippen molar-refractivity contribution in [1.82, 2.24) is 4.90 Å². The van der Waals surface area contributed by atoms with Gasteiger partial charge in [-0.15, -0.1) is 0 Å². The molecule has 0 radical (unpaired) electrons. The van der Waals surface area contributed by atoms with Gasteiger partial charge < -0.3 is 9.64 Å². The predicted molar refractivity (Wildman–Crippen MR) is 55.9 cm³/mol. The highest BCUT2D eigenvalue weighted by atomic mass is 16.5. The van der Waals surface area contributed by atoms with Crippen LogP contribution in [0.15, 0.2) is 0 Å². The zero-order valence-electron chi connectivity index (χ0n) is 9.31. The van der Waals surface area contributed by atoms with Crippen molar-refractivity contribution in [3.8, 4) is 0 Å².